The van der Waals surface area contributed by atoms with Crippen LogP contribution >= 0.6 is 0 Å². The lowest BCUT2D eigenvalue weighted by atomic mass is 9.69. The number of carbonyl (C=O) groups is 1. The first-order valence-electron chi connectivity index (χ1n) is 5.36. The zero-order valence-corrected chi connectivity index (χ0v) is 8.68. The summed E-state index contributed by atoms with van der Waals surface area (Å²) in [5.41, 5.74) is 0. The van der Waals surface area contributed by atoms with Gasteiger partial charge in [-0.1, -0.05) is 12.2 Å². The molecule has 1 saturated heterocycles. The third-order valence-electron chi connectivity index (χ3n) is 3.80. The van der Waals surface area contributed by atoms with Crippen LogP contribution < -0.4 is 0 Å². The normalized spacial score (nSPS) is 47.0. The van der Waals surface area contributed by atoms with E-state index in [-0.39, 0.29) is 17.6 Å². The second-order valence-electron chi connectivity index (χ2n) is 4.43. The summed E-state index contributed by atoms with van der Waals surface area (Å²) >= 11 is 0. The summed E-state index contributed by atoms with van der Waals surface area (Å²) in [6.07, 6.45) is 8.48. The maximum absolute atomic E-state index is 11.8. The van der Waals surface area contributed by atoms with Crippen LogP contribution in [0.25, 0.3) is 0 Å². The van der Waals surface area contributed by atoms with Gasteiger partial charge in [-0.25, -0.2) is 0 Å². The molecule has 1 fully saturated rings. The number of hydrogen-bond acceptors (Lipinski definition) is 3. The molecule has 3 aliphatic rings. The molecule has 2 aliphatic carbocycles. The molecule has 3 nitrogen and oxygen atoms in total. The average molecular weight is 206 g/mol. The second-order valence-corrected chi connectivity index (χ2v) is 4.43. The third-order valence-corrected chi connectivity index (χ3v) is 3.80. The summed E-state index contributed by atoms with van der Waals surface area (Å²) in [5.74, 6) is 0.121. The van der Waals surface area contributed by atoms with Gasteiger partial charge in [-0.05, 0) is 18.6 Å². The van der Waals surface area contributed by atoms with Gasteiger partial charge in [-0.15, -0.1) is 0 Å². The van der Waals surface area contributed by atoms with Crippen molar-refractivity contribution in [1.82, 2.24) is 0 Å². The first kappa shape index (κ1) is 9.31. The van der Waals surface area contributed by atoms with Crippen molar-refractivity contribution in [2.75, 3.05) is 13.7 Å². The third kappa shape index (κ3) is 1.11. The van der Waals surface area contributed by atoms with Gasteiger partial charge in [0.15, 0.2) is 11.6 Å². The van der Waals surface area contributed by atoms with Crippen molar-refractivity contribution in [1.29, 1.82) is 0 Å². The largest absolute Gasteiger partial charge is 0.349 e. The van der Waals surface area contributed by atoms with E-state index in [1.165, 1.54) is 0 Å². The van der Waals surface area contributed by atoms with Crippen molar-refractivity contribution >= 4 is 5.78 Å². The molecule has 3 rings (SSSR count). The molecular formula is C12H14O3. The standard InChI is InChI=1S/C12H14O3/c1-14-12-6-5-10(13)9-4-2-3-8(7-15-12)11(9)12/h2-3,5-6,8-9,11H,4,7H2,1H3/t8-,9-,11-,12+/m0/s1. The summed E-state index contributed by atoms with van der Waals surface area (Å²) in [7, 11) is 1.65. The number of hydrogen-bond donors (Lipinski definition) is 0. The Labute approximate surface area is 88.7 Å². The zero-order valence-electron chi connectivity index (χ0n) is 8.68. The highest BCUT2D eigenvalue weighted by molar-refractivity contribution is 5.93. The molecule has 15 heavy (non-hydrogen) atoms. The molecule has 0 saturated carbocycles. The predicted molar refractivity (Wildman–Crippen MR) is 54.1 cm³/mol. The van der Waals surface area contributed by atoms with Crippen LogP contribution in [0, 0.1) is 17.8 Å². The summed E-state index contributed by atoms with van der Waals surface area (Å²) in [5, 5.41) is 0. The Morgan fingerprint density at radius 3 is 3.27 bits per heavy atom. The van der Waals surface area contributed by atoms with Crippen LogP contribution in [0.5, 0.6) is 0 Å². The smallest absolute Gasteiger partial charge is 0.192 e. The molecule has 0 N–H and O–H groups in total. The lowest BCUT2D eigenvalue weighted by Gasteiger charge is -2.39. The maximum Gasteiger partial charge on any atom is 0.192 e. The molecule has 0 aromatic carbocycles. The molecule has 1 heterocycles. The molecule has 0 spiro atoms. The van der Waals surface area contributed by atoms with E-state index in [2.05, 4.69) is 12.2 Å². The van der Waals surface area contributed by atoms with Gasteiger partial charge < -0.3 is 9.47 Å². The van der Waals surface area contributed by atoms with Crippen molar-refractivity contribution in [2.45, 2.75) is 12.2 Å². The van der Waals surface area contributed by atoms with Crippen molar-refractivity contribution in [3.8, 4) is 0 Å². The Bertz CT molecular complexity index is 358. The Balaban J connectivity index is 2.09. The van der Waals surface area contributed by atoms with Gasteiger partial charge in [-0.2, -0.15) is 0 Å². The minimum atomic E-state index is -0.645. The van der Waals surface area contributed by atoms with Gasteiger partial charge >= 0.3 is 0 Å². The second kappa shape index (κ2) is 3.03. The lowest BCUT2D eigenvalue weighted by molar-refractivity contribution is -0.192. The van der Waals surface area contributed by atoms with E-state index in [1.807, 2.05) is 0 Å². The van der Waals surface area contributed by atoms with Crippen LogP contribution in [0.1, 0.15) is 6.42 Å². The first-order chi connectivity index (χ1) is 7.27. The quantitative estimate of drug-likeness (QED) is 0.607. The van der Waals surface area contributed by atoms with E-state index >= 15 is 0 Å². The van der Waals surface area contributed by atoms with E-state index in [1.54, 1.807) is 19.3 Å². The summed E-state index contributed by atoms with van der Waals surface area (Å²) in [4.78, 5) is 11.8. The molecule has 0 aromatic rings. The molecule has 0 bridgehead atoms. The minimum absolute atomic E-state index is 0.0486. The molecule has 1 aliphatic heterocycles. The van der Waals surface area contributed by atoms with E-state index < -0.39 is 5.79 Å². The summed E-state index contributed by atoms with van der Waals surface area (Å²) < 4.78 is 11.2. The fraction of sp³-hybridized carbons (Fsp3) is 0.583. The highest BCUT2D eigenvalue weighted by atomic mass is 16.7. The SMILES string of the molecule is CO[C@]12C=CC(=O)[C@@H]3CC=C[C@@H](CO1)[C@@H]32. The Morgan fingerprint density at radius 2 is 2.47 bits per heavy atom. The number of ketones is 1. The van der Waals surface area contributed by atoms with E-state index in [0.29, 0.717) is 12.5 Å². The average Bonchev–Trinajstić information content (AvgIpc) is 2.66. The Kier molecular flexibility index (Phi) is 1.88. The molecule has 3 heteroatoms. The van der Waals surface area contributed by atoms with Gasteiger partial charge in [0.05, 0.1) is 6.61 Å². The van der Waals surface area contributed by atoms with Crippen molar-refractivity contribution in [2.24, 2.45) is 17.8 Å². The predicted octanol–water partition coefficient (Wildman–Crippen LogP) is 1.31. The molecular weight excluding hydrogens is 192 g/mol. The maximum atomic E-state index is 11.8. The van der Waals surface area contributed by atoms with Gasteiger partial charge in [-0.3, -0.25) is 4.79 Å². The fourth-order valence-electron chi connectivity index (χ4n) is 3.06. The van der Waals surface area contributed by atoms with E-state index in [4.69, 9.17) is 9.47 Å². The van der Waals surface area contributed by atoms with E-state index in [9.17, 15) is 4.79 Å². The zero-order chi connectivity index (χ0) is 10.5. The minimum Gasteiger partial charge on any atom is -0.349 e. The highest BCUT2D eigenvalue weighted by Gasteiger charge is 2.55. The monoisotopic (exact) mass is 206 g/mol. The summed E-state index contributed by atoms with van der Waals surface area (Å²) in [6, 6.07) is 0. The van der Waals surface area contributed by atoms with Crippen molar-refractivity contribution < 1.29 is 14.3 Å². The molecule has 0 unspecified atom stereocenters. The molecule has 80 valence electrons. The number of allylic oxidation sites excluding steroid dienone is 2. The first-order valence-corrected chi connectivity index (χ1v) is 5.36. The van der Waals surface area contributed by atoms with Crippen LogP contribution in [-0.4, -0.2) is 25.3 Å². The number of ether oxygens (including phenoxy) is 2. The Morgan fingerprint density at radius 1 is 1.60 bits per heavy atom. The lowest BCUT2D eigenvalue weighted by Crippen LogP contribution is -2.47. The molecule has 0 amide bonds. The molecule has 0 radical (unpaired) electrons. The topological polar surface area (TPSA) is 35.5 Å². The Hall–Kier alpha value is -0.930. The van der Waals surface area contributed by atoms with Crippen molar-refractivity contribution in [3.05, 3.63) is 24.3 Å². The number of rotatable bonds is 1. The van der Waals surface area contributed by atoms with Gasteiger partial charge in [0.1, 0.15) is 0 Å². The molecule has 4 atom stereocenters. The van der Waals surface area contributed by atoms with Crippen LogP contribution in [0.4, 0.5) is 0 Å². The van der Waals surface area contributed by atoms with Crippen LogP contribution in [-0.2, 0) is 14.3 Å². The molecule has 0 aromatic heterocycles. The summed E-state index contributed by atoms with van der Waals surface area (Å²) in [6.45, 7) is 0.656. The van der Waals surface area contributed by atoms with Crippen molar-refractivity contribution in [3.63, 3.8) is 0 Å². The van der Waals surface area contributed by atoms with Gasteiger partial charge in [0.2, 0.25) is 0 Å². The highest BCUT2D eigenvalue weighted by Crippen LogP contribution is 2.49. The number of carbonyl (C=O) groups excluding carboxylic acids is 1. The van der Waals surface area contributed by atoms with Gasteiger partial charge in [0, 0.05) is 24.9 Å². The van der Waals surface area contributed by atoms with E-state index in [0.717, 1.165) is 6.42 Å². The number of methoxy groups -OCH3 is 1. The fourth-order valence-corrected chi connectivity index (χ4v) is 3.06. The van der Waals surface area contributed by atoms with Crippen LogP contribution in [0.2, 0.25) is 0 Å². The van der Waals surface area contributed by atoms with Crippen LogP contribution in [0.3, 0.4) is 0 Å². The van der Waals surface area contributed by atoms with Crippen LogP contribution in [0.15, 0.2) is 24.3 Å². The van der Waals surface area contributed by atoms with Gasteiger partial charge in [0.25, 0.3) is 0 Å².